The van der Waals surface area contributed by atoms with Crippen LogP contribution in [-0.4, -0.2) is 18.1 Å². The van der Waals surface area contributed by atoms with E-state index in [2.05, 4.69) is 9.72 Å². The van der Waals surface area contributed by atoms with Gasteiger partial charge in [-0.05, 0) is 11.6 Å². The first-order valence-electron chi connectivity index (χ1n) is 4.89. The predicted molar refractivity (Wildman–Crippen MR) is 53.4 cm³/mol. The van der Waals surface area contributed by atoms with Gasteiger partial charge in [-0.15, -0.1) is 0 Å². The van der Waals surface area contributed by atoms with Crippen molar-refractivity contribution >= 4 is 5.97 Å². The molecule has 0 unspecified atom stereocenters. The highest BCUT2D eigenvalue weighted by Crippen LogP contribution is 2.35. The first kappa shape index (κ1) is 15.3. The molecule has 0 aliphatic rings. The Kier molecular flexibility index (Phi) is 4.40. The summed E-state index contributed by atoms with van der Waals surface area (Å²) >= 11 is 0. The predicted octanol–water partition coefficient (Wildman–Crippen LogP) is 2.28. The molecular weight excluding hydrogens is 275 g/mol. The highest BCUT2D eigenvalue weighted by molar-refractivity contribution is 5.89. The molecule has 0 saturated carbocycles. The molecule has 2 N–H and O–H groups in total. The Balaban J connectivity index is 3.62. The first-order chi connectivity index (χ1) is 8.72. The summed E-state index contributed by atoms with van der Waals surface area (Å²) in [7, 11) is 0.821. The van der Waals surface area contributed by atoms with Crippen molar-refractivity contribution in [2.75, 3.05) is 7.11 Å². The van der Waals surface area contributed by atoms with Crippen LogP contribution in [0.4, 0.5) is 22.0 Å². The molecule has 0 aliphatic carbocycles. The second-order valence-electron chi connectivity index (χ2n) is 3.42. The highest BCUT2D eigenvalue weighted by Gasteiger charge is 2.40. The largest absolute Gasteiger partial charge is 0.464 e. The number of pyridine rings is 1. The molecule has 1 heterocycles. The second kappa shape index (κ2) is 5.47. The maximum Gasteiger partial charge on any atom is 0.419 e. The summed E-state index contributed by atoms with van der Waals surface area (Å²) < 4.78 is 67.7. The van der Waals surface area contributed by atoms with E-state index in [9.17, 15) is 26.7 Å². The van der Waals surface area contributed by atoms with Gasteiger partial charge in [0, 0.05) is 6.54 Å². The molecule has 0 aromatic carbocycles. The topological polar surface area (TPSA) is 65.2 Å². The highest BCUT2D eigenvalue weighted by atomic mass is 19.4. The van der Waals surface area contributed by atoms with Gasteiger partial charge in [0.25, 0.3) is 6.43 Å². The third-order valence-corrected chi connectivity index (χ3v) is 2.23. The third kappa shape index (κ3) is 3.16. The molecule has 4 nitrogen and oxygen atoms in total. The summed E-state index contributed by atoms with van der Waals surface area (Å²) in [5.74, 6) is -1.45. The van der Waals surface area contributed by atoms with Gasteiger partial charge in [-0.2, -0.15) is 13.2 Å². The SMILES string of the molecule is COC(=O)c1nc(C(F)F)cc(CN)c1C(F)(F)F. The lowest BCUT2D eigenvalue weighted by Gasteiger charge is -2.16. The van der Waals surface area contributed by atoms with E-state index in [1.807, 2.05) is 0 Å². The van der Waals surface area contributed by atoms with Crippen molar-refractivity contribution in [3.8, 4) is 0 Å². The lowest BCUT2D eigenvalue weighted by molar-refractivity contribution is -0.139. The second-order valence-corrected chi connectivity index (χ2v) is 3.42. The van der Waals surface area contributed by atoms with E-state index in [-0.39, 0.29) is 0 Å². The van der Waals surface area contributed by atoms with Crippen LogP contribution in [0.1, 0.15) is 33.7 Å². The van der Waals surface area contributed by atoms with E-state index >= 15 is 0 Å². The van der Waals surface area contributed by atoms with Crippen LogP contribution in [0, 0.1) is 0 Å². The smallest absolute Gasteiger partial charge is 0.419 e. The molecule has 1 aromatic heterocycles. The zero-order valence-corrected chi connectivity index (χ0v) is 9.59. The van der Waals surface area contributed by atoms with Crippen LogP contribution < -0.4 is 5.73 Å². The minimum atomic E-state index is -4.95. The third-order valence-electron chi connectivity index (χ3n) is 2.23. The Hall–Kier alpha value is -1.77. The fourth-order valence-electron chi connectivity index (χ4n) is 1.45. The first-order valence-corrected chi connectivity index (χ1v) is 4.89. The molecule has 1 aromatic rings. The van der Waals surface area contributed by atoms with Crippen molar-refractivity contribution in [1.29, 1.82) is 0 Å². The average Bonchev–Trinajstić information content (AvgIpc) is 2.34. The fourth-order valence-corrected chi connectivity index (χ4v) is 1.45. The number of esters is 1. The van der Waals surface area contributed by atoms with Crippen LogP contribution >= 0.6 is 0 Å². The van der Waals surface area contributed by atoms with E-state index in [4.69, 9.17) is 5.73 Å². The van der Waals surface area contributed by atoms with Crippen molar-refractivity contribution in [1.82, 2.24) is 4.98 Å². The number of hydrogen-bond acceptors (Lipinski definition) is 4. The standard InChI is InChI=1S/C10H9F5N2O2/c1-19-9(18)7-6(10(13,14)15)4(3-16)2-5(17-7)8(11)12/h2,8H,3,16H2,1H3. The van der Waals surface area contributed by atoms with Crippen LogP contribution in [-0.2, 0) is 17.5 Å². The van der Waals surface area contributed by atoms with Gasteiger partial charge >= 0.3 is 12.1 Å². The number of aromatic nitrogens is 1. The number of nitrogens with zero attached hydrogens (tertiary/aromatic N) is 1. The van der Waals surface area contributed by atoms with Gasteiger partial charge in [0.05, 0.1) is 12.7 Å². The van der Waals surface area contributed by atoms with Crippen LogP contribution in [0.25, 0.3) is 0 Å². The number of nitrogens with two attached hydrogens (primary N) is 1. The van der Waals surface area contributed by atoms with Gasteiger partial charge in [0.2, 0.25) is 0 Å². The number of halogens is 5. The Labute approximate surface area is 104 Å². The van der Waals surface area contributed by atoms with Crippen molar-refractivity contribution in [3.05, 3.63) is 28.6 Å². The number of ether oxygens (including phenoxy) is 1. The van der Waals surface area contributed by atoms with Gasteiger partial charge < -0.3 is 10.5 Å². The van der Waals surface area contributed by atoms with E-state index in [1.54, 1.807) is 0 Å². The Morgan fingerprint density at radius 2 is 2.05 bits per heavy atom. The average molecular weight is 284 g/mol. The lowest BCUT2D eigenvalue weighted by atomic mass is 10.0. The number of carbonyl (C=O) groups is 1. The van der Waals surface area contributed by atoms with Gasteiger partial charge in [-0.1, -0.05) is 0 Å². The molecule has 0 bridgehead atoms. The quantitative estimate of drug-likeness (QED) is 0.683. The lowest BCUT2D eigenvalue weighted by Crippen LogP contribution is -2.21. The maximum absolute atomic E-state index is 12.8. The summed E-state index contributed by atoms with van der Waals surface area (Å²) in [5.41, 5.74) is 0.830. The monoisotopic (exact) mass is 284 g/mol. The molecular formula is C10H9F5N2O2. The summed E-state index contributed by atoms with van der Waals surface area (Å²) in [6.45, 7) is -0.666. The van der Waals surface area contributed by atoms with E-state index in [0.717, 1.165) is 7.11 Å². The number of carbonyl (C=O) groups excluding carboxylic acids is 1. The van der Waals surface area contributed by atoms with Crippen molar-refractivity contribution in [2.24, 2.45) is 5.73 Å². The minimum absolute atomic E-state index is 0.528. The van der Waals surface area contributed by atoms with Crippen LogP contribution in [0.2, 0.25) is 0 Å². The molecule has 0 atom stereocenters. The van der Waals surface area contributed by atoms with E-state index in [1.165, 1.54) is 0 Å². The Morgan fingerprint density at radius 3 is 2.42 bits per heavy atom. The molecule has 0 radical (unpaired) electrons. The number of hydrogen-bond donors (Lipinski definition) is 1. The van der Waals surface area contributed by atoms with E-state index in [0.29, 0.717) is 6.07 Å². The van der Waals surface area contributed by atoms with Gasteiger partial charge in [0.1, 0.15) is 5.69 Å². The molecule has 0 amide bonds. The maximum atomic E-state index is 12.8. The van der Waals surface area contributed by atoms with Gasteiger partial charge in [-0.25, -0.2) is 18.6 Å². The normalized spacial score (nSPS) is 11.8. The summed E-state index contributed by atoms with van der Waals surface area (Å²) in [4.78, 5) is 14.3. The molecule has 0 spiro atoms. The summed E-state index contributed by atoms with van der Waals surface area (Å²) in [6.07, 6.45) is -8.08. The fraction of sp³-hybridized carbons (Fsp3) is 0.400. The van der Waals surface area contributed by atoms with Gasteiger partial charge in [-0.3, -0.25) is 0 Å². The number of alkyl halides is 5. The Morgan fingerprint density at radius 1 is 1.47 bits per heavy atom. The van der Waals surface area contributed by atoms with Crippen LogP contribution in [0.3, 0.4) is 0 Å². The molecule has 1 rings (SSSR count). The number of rotatable bonds is 3. The molecule has 19 heavy (non-hydrogen) atoms. The minimum Gasteiger partial charge on any atom is -0.464 e. The molecule has 0 fully saturated rings. The van der Waals surface area contributed by atoms with Crippen molar-refractivity contribution in [2.45, 2.75) is 19.1 Å². The summed E-state index contributed by atoms with van der Waals surface area (Å²) in [6, 6.07) is 0.528. The van der Waals surface area contributed by atoms with Crippen molar-refractivity contribution in [3.63, 3.8) is 0 Å². The number of methoxy groups -OCH3 is 1. The van der Waals surface area contributed by atoms with E-state index < -0.39 is 47.6 Å². The molecule has 0 saturated heterocycles. The van der Waals surface area contributed by atoms with Crippen molar-refractivity contribution < 1.29 is 31.5 Å². The Bertz CT molecular complexity index is 488. The molecule has 0 aliphatic heterocycles. The van der Waals surface area contributed by atoms with Gasteiger partial charge in [0.15, 0.2) is 5.69 Å². The molecule has 106 valence electrons. The summed E-state index contributed by atoms with van der Waals surface area (Å²) in [5, 5.41) is 0. The molecule has 9 heteroatoms. The van der Waals surface area contributed by atoms with Crippen LogP contribution in [0.15, 0.2) is 6.07 Å². The van der Waals surface area contributed by atoms with Crippen LogP contribution in [0.5, 0.6) is 0 Å². The zero-order valence-electron chi connectivity index (χ0n) is 9.59. The zero-order chi connectivity index (χ0) is 14.8.